The molecule has 42 heavy (non-hydrogen) atoms. The summed E-state index contributed by atoms with van der Waals surface area (Å²) >= 11 is 12.3. The summed E-state index contributed by atoms with van der Waals surface area (Å²) in [6.07, 6.45) is 0.283. The zero-order valence-electron chi connectivity index (χ0n) is 24.1. The number of nitrogens with zero attached hydrogens (tertiary/aromatic N) is 2. The van der Waals surface area contributed by atoms with Gasteiger partial charge in [-0.1, -0.05) is 48.3 Å². The van der Waals surface area contributed by atoms with Crippen LogP contribution in [0.3, 0.4) is 0 Å². The van der Waals surface area contributed by atoms with Crippen LogP contribution in [0, 0.1) is 0 Å². The maximum absolute atomic E-state index is 14.2. The lowest BCUT2D eigenvalue weighted by molar-refractivity contribution is -0.140. The number of sulfonamides is 1. The van der Waals surface area contributed by atoms with Gasteiger partial charge in [0.05, 0.1) is 34.8 Å². The molecule has 3 rings (SSSR count). The van der Waals surface area contributed by atoms with Crippen LogP contribution in [0.1, 0.15) is 32.8 Å². The third-order valence-electron chi connectivity index (χ3n) is 6.43. The summed E-state index contributed by atoms with van der Waals surface area (Å²) in [4.78, 5) is 28.7. The van der Waals surface area contributed by atoms with E-state index >= 15 is 0 Å². The van der Waals surface area contributed by atoms with Crippen LogP contribution in [0.5, 0.6) is 11.5 Å². The van der Waals surface area contributed by atoms with Crippen molar-refractivity contribution in [2.75, 3.05) is 25.1 Å². The summed E-state index contributed by atoms with van der Waals surface area (Å²) in [5, 5.41) is 3.50. The van der Waals surface area contributed by atoms with Crippen LogP contribution in [0.2, 0.25) is 10.0 Å². The van der Waals surface area contributed by atoms with Crippen molar-refractivity contribution in [2.45, 2.75) is 50.7 Å². The van der Waals surface area contributed by atoms with Crippen molar-refractivity contribution in [1.29, 1.82) is 0 Å². The van der Waals surface area contributed by atoms with E-state index in [1.807, 2.05) is 13.8 Å². The third kappa shape index (κ3) is 7.87. The molecule has 0 bridgehead atoms. The van der Waals surface area contributed by atoms with Gasteiger partial charge in [-0.15, -0.1) is 0 Å². The molecule has 3 aromatic carbocycles. The van der Waals surface area contributed by atoms with Crippen molar-refractivity contribution in [2.24, 2.45) is 0 Å². The molecule has 9 nitrogen and oxygen atoms in total. The zero-order valence-corrected chi connectivity index (χ0v) is 26.5. The van der Waals surface area contributed by atoms with Gasteiger partial charge >= 0.3 is 0 Å². The van der Waals surface area contributed by atoms with Gasteiger partial charge in [0.25, 0.3) is 10.0 Å². The highest BCUT2D eigenvalue weighted by Crippen LogP contribution is 2.33. The van der Waals surface area contributed by atoms with Gasteiger partial charge in [0.1, 0.15) is 24.1 Å². The van der Waals surface area contributed by atoms with E-state index in [2.05, 4.69) is 5.32 Å². The highest BCUT2D eigenvalue weighted by Gasteiger charge is 2.35. The van der Waals surface area contributed by atoms with E-state index < -0.39 is 28.5 Å². The second-order valence-corrected chi connectivity index (χ2v) is 12.4. The van der Waals surface area contributed by atoms with Crippen molar-refractivity contribution in [3.05, 3.63) is 82.3 Å². The second kappa shape index (κ2) is 14.6. The Labute approximate surface area is 257 Å². The molecule has 0 aliphatic heterocycles. The molecule has 12 heteroatoms. The topological polar surface area (TPSA) is 105 Å². The first kappa shape index (κ1) is 33.0. The number of hydrogen-bond acceptors (Lipinski definition) is 6. The van der Waals surface area contributed by atoms with Gasteiger partial charge in [-0.2, -0.15) is 0 Å². The minimum absolute atomic E-state index is 0.0118. The van der Waals surface area contributed by atoms with Gasteiger partial charge in [-0.3, -0.25) is 13.9 Å². The van der Waals surface area contributed by atoms with Crippen molar-refractivity contribution < 1.29 is 27.5 Å². The Morgan fingerprint density at radius 3 is 2.17 bits per heavy atom. The van der Waals surface area contributed by atoms with Crippen LogP contribution in [-0.2, 0) is 26.2 Å². The molecule has 2 amide bonds. The van der Waals surface area contributed by atoms with Crippen molar-refractivity contribution in [3.8, 4) is 11.5 Å². The third-order valence-corrected chi connectivity index (χ3v) is 8.95. The van der Waals surface area contributed by atoms with Gasteiger partial charge < -0.3 is 19.7 Å². The van der Waals surface area contributed by atoms with Crippen LogP contribution in [0.15, 0.2) is 71.6 Å². The first-order valence-electron chi connectivity index (χ1n) is 13.3. The summed E-state index contributed by atoms with van der Waals surface area (Å²) in [5.74, 6) is -0.232. The maximum Gasteiger partial charge on any atom is 0.264 e. The molecule has 0 saturated heterocycles. The van der Waals surface area contributed by atoms with Crippen molar-refractivity contribution in [3.63, 3.8) is 0 Å². The number of benzene rings is 3. The number of amides is 2. The van der Waals surface area contributed by atoms with Crippen LogP contribution >= 0.6 is 23.2 Å². The van der Waals surface area contributed by atoms with E-state index in [1.54, 1.807) is 49.4 Å². The van der Waals surface area contributed by atoms with E-state index in [1.165, 1.54) is 43.4 Å². The predicted molar refractivity (Wildman–Crippen MR) is 165 cm³/mol. The van der Waals surface area contributed by atoms with Crippen LogP contribution in [0.4, 0.5) is 5.69 Å². The van der Waals surface area contributed by atoms with E-state index in [0.717, 1.165) is 4.31 Å². The molecule has 1 N–H and O–H groups in total. The number of para-hydroxylation sites is 2. The Hall–Kier alpha value is -3.47. The smallest absolute Gasteiger partial charge is 0.264 e. The first-order chi connectivity index (χ1) is 19.9. The fourth-order valence-electron chi connectivity index (χ4n) is 4.36. The highest BCUT2D eigenvalue weighted by atomic mass is 35.5. The monoisotopic (exact) mass is 635 g/mol. The number of hydrogen-bond donors (Lipinski definition) is 1. The zero-order chi connectivity index (χ0) is 31.0. The number of anilines is 1. The SMILES string of the molecule is CCC(C(=O)NC(C)C)N(Cc1ccc(Cl)c(Cl)c1)C(=O)CN(c1ccccc1OC)S(=O)(=O)c1ccc(OC)cc1. The Morgan fingerprint density at radius 2 is 1.60 bits per heavy atom. The van der Waals surface area contributed by atoms with E-state index in [4.69, 9.17) is 32.7 Å². The molecule has 0 aliphatic carbocycles. The molecule has 0 radical (unpaired) electrons. The second-order valence-electron chi connectivity index (χ2n) is 9.72. The standard InChI is InChI=1S/C30H35Cl2N3O6S/c1-6-26(30(37)33-20(2)3)34(18-21-11-16-24(31)25(32)17-21)29(36)19-35(27-9-7-8-10-28(27)41-5)42(38,39)23-14-12-22(40-4)13-15-23/h7-17,20,26H,6,18-19H2,1-5H3,(H,33,37). The quantitative estimate of drug-likeness (QED) is 0.264. The maximum atomic E-state index is 14.2. The van der Waals surface area contributed by atoms with Gasteiger partial charge in [0.15, 0.2) is 0 Å². The molecule has 0 fully saturated rings. The molecule has 0 spiro atoms. The number of halogens is 2. The van der Waals surface area contributed by atoms with E-state index in [0.29, 0.717) is 21.4 Å². The lowest BCUT2D eigenvalue weighted by Gasteiger charge is -2.34. The Morgan fingerprint density at radius 1 is 0.929 bits per heavy atom. The highest BCUT2D eigenvalue weighted by molar-refractivity contribution is 7.92. The Kier molecular flexibility index (Phi) is 11.5. The minimum Gasteiger partial charge on any atom is -0.497 e. The van der Waals surface area contributed by atoms with Crippen LogP contribution < -0.4 is 19.1 Å². The summed E-state index contributed by atoms with van der Waals surface area (Å²) in [6, 6.07) is 16.2. The Balaban J connectivity index is 2.12. The normalized spacial score (nSPS) is 12.0. The average Bonchev–Trinajstić information content (AvgIpc) is 2.97. The molecule has 1 atom stereocenters. The molecule has 0 saturated carbocycles. The number of nitrogens with one attached hydrogen (secondary N) is 1. The number of carbonyl (C=O) groups excluding carboxylic acids is 2. The first-order valence-corrected chi connectivity index (χ1v) is 15.5. The molecular weight excluding hydrogens is 601 g/mol. The number of carbonyl (C=O) groups is 2. The van der Waals surface area contributed by atoms with Crippen molar-refractivity contribution in [1.82, 2.24) is 10.2 Å². The predicted octanol–water partition coefficient (Wildman–Crippen LogP) is 5.54. The van der Waals surface area contributed by atoms with Gasteiger partial charge in [-0.05, 0) is 74.4 Å². The lowest BCUT2D eigenvalue weighted by Crippen LogP contribution is -2.53. The summed E-state index contributed by atoms with van der Waals surface area (Å²) < 4.78 is 39.8. The van der Waals surface area contributed by atoms with Crippen LogP contribution in [-0.4, -0.2) is 58.0 Å². The van der Waals surface area contributed by atoms with Crippen LogP contribution in [0.25, 0.3) is 0 Å². The number of rotatable bonds is 13. The van der Waals surface area contributed by atoms with E-state index in [9.17, 15) is 18.0 Å². The summed E-state index contributed by atoms with van der Waals surface area (Å²) in [6.45, 7) is 4.80. The molecule has 0 heterocycles. The molecular formula is C30H35Cl2N3O6S. The number of methoxy groups -OCH3 is 2. The summed E-state index contributed by atoms with van der Waals surface area (Å²) in [7, 11) is -1.39. The van der Waals surface area contributed by atoms with Gasteiger partial charge in [-0.25, -0.2) is 8.42 Å². The average molecular weight is 637 g/mol. The van der Waals surface area contributed by atoms with Crippen molar-refractivity contribution >= 4 is 50.7 Å². The molecule has 226 valence electrons. The minimum atomic E-state index is -4.29. The van der Waals surface area contributed by atoms with E-state index in [-0.39, 0.29) is 41.2 Å². The number of ether oxygens (including phenoxy) is 2. The lowest BCUT2D eigenvalue weighted by atomic mass is 10.1. The van der Waals surface area contributed by atoms with Gasteiger partial charge in [0.2, 0.25) is 11.8 Å². The van der Waals surface area contributed by atoms with Gasteiger partial charge in [0, 0.05) is 12.6 Å². The molecule has 0 aliphatic rings. The molecule has 3 aromatic rings. The fraction of sp³-hybridized carbons (Fsp3) is 0.333. The fourth-order valence-corrected chi connectivity index (χ4v) is 6.10. The molecule has 1 unspecified atom stereocenters. The Bertz CT molecular complexity index is 1500. The largest absolute Gasteiger partial charge is 0.497 e. The summed E-state index contributed by atoms with van der Waals surface area (Å²) in [5.41, 5.74) is 0.786. The molecule has 0 aromatic heterocycles.